The maximum Gasteiger partial charge on any atom is 0.418 e. The third-order valence-corrected chi connectivity index (χ3v) is 3.02. The largest absolute Gasteiger partial charge is 0.418 e. The average molecular weight is 332 g/mol. The number of nitrogens with one attached hydrogen (secondary N) is 1. The Bertz CT molecular complexity index is 579. The van der Waals surface area contributed by atoms with Crippen LogP contribution in [0.15, 0.2) is 41.1 Å². The van der Waals surface area contributed by atoms with Gasteiger partial charge in [0, 0.05) is 6.20 Å². The maximum atomic E-state index is 12.9. The molecule has 100 valence electrons. The Kier molecular flexibility index (Phi) is 3.66. The van der Waals surface area contributed by atoms with Crippen molar-refractivity contribution >= 4 is 33.0 Å². The van der Waals surface area contributed by atoms with E-state index in [2.05, 4.69) is 26.2 Å². The first-order valence-electron chi connectivity index (χ1n) is 5.22. The lowest BCUT2D eigenvalue weighted by molar-refractivity contribution is -0.136. The number of benzene rings is 1. The highest BCUT2D eigenvalue weighted by Crippen LogP contribution is 2.38. The second kappa shape index (κ2) is 5.08. The van der Waals surface area contributed by atoms with E-state index in [9.17, 15) is 13.2 Å². The van der Waals surface area contributed by atoms with Crippen molar-refractivity contribution in [1.29, 1.82) is 0 Å². The molecule has 0 aliphatic rings. The van der Waals surface area contributed by atoms with Crippen molar-refractivity contribution in [3.63, 3.8) is 0 Å². The molecule has 0 radical (unpaired) electrons. The molecule has 2 rings (SSSR count). The van der Waals surface area contributed by atoms with Gasteiger partial charge in [-0.1, -0.05) is 12.1 Å². The molecule has 7 heteroatoms. The van der Waals surface area contributed by atoms with Crippen molar-refractivity contribution in [2.24, 2.45) is 0 Å². The van der Waals surface area contributed by atoms with Gasteiger partial charge in [0.05, 0.1) is 33.3 Å². The van der Waals surface area contributed by atoms with Crippen LogP contribution in [0.5, 0.6) is 0 Å². The summed E-state index contributed by atoms with van der Waals surface area (Å²) < 4.78 is 39.1. The van der Waals surface area contributed by atoms with E-state index >= 15 is 0 Å². The van der Waals surface area contributed by atoms with Gasteiger partial charge in [0.1, 0.15) is 0 Å². The summed E-state index contributed by atoms with van der Waals surface area (Å²) in [6.07, 6.45) is -1.62. The molecule has 0 bridgehead atoms. The van der Waals surface area contributed by atoms with Crippen molar-refractivity contribution in [3.05, 3.63) is 46.7 Å². The van der Waals surface area contributed by atoms with Crippen molar-refractivity contribution in [3.8, 4) is 0 Å². The third-order valence-electron chi connectivity index (χ3n) is 2.42. The van der Waals surface area contributed by atoms with Gasteiger partial charge in [-0.2, -0.15) is 13.2 Å². The first kappa shape index (κ1) is 13.7. The third kappa shape index (κ3) is 2.98. The van der Waals surface area contributed by atoms with Gasteiger partial charge in [-0.15, -0.1) is 0 Å². The SMILES string of the molecule is Nc1cncc(Br)c1Nc1ccccc1C(F)(F)F. The Labute approximate surface area is 115 Å². The molecule has 0 unspecified atom stereocenters. The summed E-state index contributed by atoms with van der Waals surface area (Å²) in [5.41, 5.74) is 5.49. The molecule has 1 heterocycles. The summed E-state index contributed by atoms with van der Waals surface area (Å²) in [4.78, 5) is 3.82. The zero-order valence-electron chi connectivity index (χ0n) is 9.50. The lowest BCUT2D eigenvalue weighted by Crippen LogP contribution is -2.09. The number of pyridine rings is 1. The molecule has 1 aromatic carbocycles. The summed E-state index contributed by atoms with van der Waals surface area (Å²) in [5.74, 6) is 0. The number of hydrogen-bond acceptors (Lipinski definition) is 3. The Hall–Kier alpha value is -1.76. The van der Waals surface area contributed by atoms with Crippen molar-refractivity contribution in [2.45, 2.75) is 6.18 Å². The van der Waals surface area contributed by atoms with Crippen LogP contribution < -0.4 is 11.1 Å². The molecule has 0 fully saturated rings. The zero-order valence-corrected chi connectivity index (χ0v) is 11.1. The second-order valence-corrected chi connectivity index (χ2v) is 4.61. The fraction of sp³-hybridized carbons (Fsp3) is 0.0833. The molecule has 2 aromatic rings. The van der Waals surface area contributed by atoms with Crippen LogP contribution in [0.2, 0.25) is 0 Å². The molecule has 0 spiro atoms. The Balaban J connectivity index is 2.45. The summed E-state index contributed by atoms with van der Waals surface area (Å²) in [6.45, 7) is 0. The summed E-state index contributed by atoms with van der Waals surface area (Å²) in [6, 6.07) is 5.20. The number of hydrogen-bond donors (Lipinski definition) is 2. The number of nitrogens with two attached hydrogens (primary N) is 1. The summed E-state index contributed by atoms with van der Waals surface area (Å²) in [7, 11) is 0. The summed E-state index contributed by atoms with van der Waals surface area (Å²) in [5, 5.41) is 2.68. The van der Waals surface area contributed by atoms with Crippen LogP contribution in [0, 0.1) is 0 Å². The van der Waals surface area contributed by atoms with E-state index in [1.54, 1.807) is 0 Å². The number of anilines is 3. The van der Waals surface area contributed by atoms with E-state index in [-0.39, 0.29) is 11.4 Å². The van der Waals surface area contributed by atoms with Crippen LogP contribution in [0.1, 0.15) is 5.56 Å². The normalized spacial score (nSPS) is 11.4. The fourth-order valence-corrected chi connectivity index (χ4v) is 2.00. The van der Waals surface area contributed by atoms with Crippen LogP contribution in [0.3, 0.4) is 0 Å². The van der Waals surface area contributed by atoms with E-state index in [1.165, 1.54) is 30.6 Å². The highest BCUT2D eigenvalue weighted by atomic mass is 79.9. The van der Waals surface area contributed by atoms with Crippen LogP contribution in [-0.2, 0) is 6.18 Å². The Morgan fingerprint density at radius 3 is 2.47 bits per heavy atom. The van der Waals surface area contributed by atoms with Gasteiger partial charge in [0.25, 0.3) is 0 Å². The molecule has 3 N–H and O–H groups in total. The number of halogens is 4. The zero-order chi connectivity index (χ0) is 14.0. The number of nitrogen functional groups attached to an aromatic ring is 1. The molecular weight excluding hydrogens is 323 g/mol. The highest BCUT2D eigenvalue weighted by molar-refractivity contribution is 9.10. The van der Waals surface area contributed by atoms with E-state index in [4.69, 9.17) is 5.73 Å². The van der Waals surface area contributed by atoms with Crippen molar-refractivity contribution in [2.75, 3.05) is 11.1 Å². The molecule has 0 saturated carbocycles. The van der Waals surface area contributed by atoms with Crippen molar-refractivity contribution in [1.82, 2.24) is 4.98 Å². The van der Waals surface area contributed by atoms with Gasteiger partial charge in [0.2, 0.25) is 0 Å². The van der Waals surface area contributed by atoms with Gasteiger partial charge in [0.15, 0.2) is 0 Å². The minimum atomic E-state index is -4.43. The van der Waals surface area contributed by atoms with Gasteiger partial charge >= 0.3 is 6.18 Å². The topological polar surface area (TPSA) is 50.9 Å². The first-order valence-corrected chi connectivity index (χ1v) is 6.01. The summed E-state index contributed by atoms with van der Waals surface area (Å²) >= 11 is 3.19. The number of nitrogens with zero attached hydrogens (tertiary/aromatic N) is 1. The quantitative estimate of drug-likeness (QED) is 0.867. The number of para-hydroxylation sites is 1. The molecular formula is C12H9BrF3N3. The van der Waals surface area contributed by atoms with Crippen LogP contribution in [-0.4, -0.2) is 4.98 Å². The van der Waals surface area contributed by atoms with Gasteiger partial charge < -0.3 is 11.1 Å². The van der Waals surface area contributed by atoms with Gasteiger partial charge in [-0.25, -0.2) is 0 Å². The molecule has 19 heavy (non-hydrogen) atoms. The van der Waals surface area contributed by atoms with Gasteiger partial charge in [-0.3, -0.25) is 4.98 Å². The van der Waals surface area contributed by atoms with E-state index in [0.717, 1.165) is 6.07 Å². The number of rotatable bonds is 2. The molecule has 0 atom stereocenters. The van der Waals surface area contributed by atoms with Crippen molar-refractivity contribution < 1.29 is 13.2 Å². The predicted octanol–water partition coefficient (Wildman–Crippen LogP) is 4.19. The molecule has 0 aliphatic carbocycles. The predicted molar refractivity (Wildman–Crippen MR) is 71.1 cm³/mol. The lowest BCUT2D eigenvalue weighted by atomic mass is 10.1. The standard InChI is InChI=1S/C12H9BrF3N3/c13-8-5-18-6-9(17)11(8)19-10-4-2-1-3-7(10)12(14,15)16/h1-6H,17H2,(H,18,19). The average Bonchev–Trinajstić information content (AvgIpc) is 2.33. The molecule has 0 saturated heterocycles. The minimum Gasteiger partial charge on any atom is -0.396 e. The fourth-order valence-electron chi connectivity index (χ4n) is 1.56. The Morgan fingerprint density at radius 1 is 1.16 bits per heavy atom. The van der Waals surface area contributed by atoms with Crippen LogP contribution in [0.4, 0.5) is 30.2 Å². The Morgan fingerprint density at radius 2 is 1.84 bits per heavy atom. The minimum absolute atomic E-state index is 0.0615. The number of alkyl halides is 3. The van der Waals surface area contributed by atoms with Gasteiger partial charge in [-0.05, 0) is 28.1 Å². The van der Waals surface area contributed by atoms with E-state index in [0.29, 0.717) is 10.2 Å². The monoisotopic (exact) mass is 331 g/mol. The molecule has 1 aromatic heterocycles. The molecule has 0 aliphatic heterocycles. The molecule has 3 nitrogen and oxygen atoms in total. The van der Waals surface area contributed by atoms with Crippen LogP contribution in [0.25, 0.3) is 0 Å². The van der Waals surface area contributed by atoms with Crippen LogP contribution >= 0.6 is 15.9 Å². The second-order valence-electron chi connectivity index (χ2n) is 3.75. The molecule has 0 amide bonds. The maximum absolute atomic E-state index is 12.9. The lowest BCUT2D eigenvalue weighted by Gasteiger charge is -2.16. The smallest absolute Gasteiger partial charge is 0.396 e. The number of aromatic nitrogens is 1. The highest BCUT2D eigenvalue weighted by Gasteiger charge is 2.33. The van der Waals surface area contributed by atoms with E-state index < -0.39 is 11.7 Å². The first-order chi connectivity index (χ1) is 8.89. The van der Waals surface area contributed by atoms with E-state index in [1.807, 2.05) is 0 Å².